The van der Waals surface area contributed by atoms with Crippen molar-refractivity contribution in [1.82, 2.24) is 0 Å². The minimum absolute atomic E-state index is 0.204. The Morgan fingerprint density at radius 3 is 1.90 bits per heavy atom. The van der Waals surface area contributed by atoms with Gasteiger partial charge in [0.2, 0.25) is 0 Å². The standard InChI is InChI=1S/C7H16O3/c1-3-6(5(2)9)7(10)4-8/h5-10H,3-4H2,1-2H3/t5-,6-,7+/m1/s1. The van der Waals surface area contributed by atoms with Gasteiger partial charge in [-0.05, 0) is 13.3 Å². The highest BCUT2D eigenvalue weighted by molar-refractivity contribution is 4.70. The van der Waals surface area contributed by atoms with Crippen LogP contribution in [0.2, 0.25) is 0 Å². The lowest BCUT2D eigenvalue weighted by Gasteiger charge is -2.21. The summed E-state index contributed by atoms with van der Waals surface area (Å²) in [4.78, 5) is 0. The van der Waals surface area contributed by atoms with Crippen LogP contribution >= 0.6 is 0 Å². The quantitative estimate of drug-likeness (QED) is 0.515. The SMILES string of the molecule is CC[C@H]([C@@H](C)O)[C@@H](O)CO. The van der Waals surface area contributed by atoms with Gasteiger partial charge in [-0.15, -0.1) is 0 Å². The molecule has 0 saturated carbocycles. The molecule has 3 atom stereocenters. The van der Waals surface area contributed by atoms with Crippen LogP contribution in [0.4, 0.5) is 0 Å². The number of hydrogen-bond donors (Lipinski definition) is 3. The molecule has 0 aromatic heterocycles. The molecule has 0 unspecified atom stereocenters. The van der Waals surface area contributed by atoms with E-state index in [2.05, 4.69) is 0 Å². The summed E-state index contributed by atoms with van der Waals surface area (Å²) < 4.78 is 0. The maximum atomic E-state index is 9.08. The average Bonchev–Trinajstić information content (AvgIpc) is 1.88. The lowest BCUT2D eigenvalue weighted by atomic mass is 9.95. The fourth-order valence-electron chi connectivity index (χ4n) is 1.07. The minimum atomic E-state index is -0.787. The molecule has 0 aliphatic heterocycles. The Balaban J connectivity index is 3.80. The van der Waals surface area contributed by atoms with Crippen molar-refractivity contribution in [2.24, 2.45) is 5.92 Å². The van der Waals surface area contributed by atoms with Gasteiger partial charge in [-0.3, -0.25) is 0 Å². The van der Waals surface area contributed by atoms with Crippen molar-refractivity contribution in [2.75, 3.05) is 6.61 Å². The summed E-state index contributed by atoms with van der Waals surface area (Å²) >= 11 is 0. The predicted octanol–water partition coefficient (Wildman–Crippen LogP) is -0.253. The summed E-state index contributed by atoms with van der Waals surface area (Å²) in [6.45, 7) is 3.22. The van der Waals surface area contributed by atoms with Crippen LogP contribution in [0, 0.1) is 5.92 Å². The highest BCUT2D eigenvalue weighted by Gasteiger charge is 2.20. The van der Waals surface area contributed by atoms with Crippen LogP contribution < -0.4 is 0 Å². The maximum Gasteiger partial charge on any atom is 0.0823 e. The molecular formula is C7H16O3. The van der Waals surface area contributed by atoms with E-state index >= 15 is 0 Å². The molecule has 0 aliphatic carbocycles. The molecule has 3 heteroatoms. The Hall–Kier alpha value is -0.120. The van der Waals surface area contributed by atoms with Crippen molar-refractivity contribution >= 4 is 0 Å². The van der Waals surface area contributed by atoms with Gasteiger partial charge in [0.1, 0.15) is 0 Å². The van der Waals surface area contributed by atoms with Crippen LogP contribution in [0.3, 0.4) is 0 Å². The first-order valence-electron chi connectivity index (χ1n) is 3.60. The third-order valence-electron chi connectivity index (χ3n) is 1.77. The number of hydrogen-bond acceptors (Lipinski definition) is 3. The first-order valence-corrected chi connectivity index (χ1v) is 3.60. The Morgan fingerprint density at radius 1 is 1.30 bits per heavy atom. The van der Waals surface area contributed by atoms with E-state index in [9.17, 15) is 0 Å². The summed E-state index contributed by atoms with van der Waals surface area (Å²) in [5, 5.41) is 26.6. The molecule has 0 radical (unpaired) electrons. The van der Waals surface area contributed by atoms with Crippen molar-refractivity contribution in [3.8, 4) is 0 Å². The van der Waals surface area contributed by atoms with E-state index in [1.54, 1.807) is 6.92 Å². The maximum absolute atomic E-state index is 9.08. The zero-order chi connectivity index (χ0) is 8.15. The molecule has 3 nitrogen and oxygen atoms in total. The number of rotatable bonds is 4. The lowest BCUT2D eigenvalue weighted by molar-refractivity contribution is -0.0107. The minimum Gasteiger partial charge on any atom is -0.394 e. The summed E-state index contributed by atoms with van der Waals surface area (Å²) in [7, 11) is 0. The monoisotopic (exact) mass is 148 g/mol. The van der Waals surface area contributed by atoms with Gasteiger partial charge in [-0.2, -0.15) is 0 Å². The molecule has 0 aromatic rings. The van der Waals surface area contributed by atoms with Crippen LogP contribution in [0.25, 0.3) is 0 Å². The summed E-state index contributed by atoms with van der Waals surface area (Å²) in [6.07, 6.45) is -0.656. The first kappa shape index (κ1) is 9.88. The molecule has 62 valence electrons. The molecule has 0 heterocycles. The molecule has 0 rings (SSSR count). The van der Waals surface area contributed by atoms with Gasteiger partial charge in [-0.25, -0.2) is 0 Å². The van der Waals surface area contributed by atoms with E-state index in [4.69, 9.17) is 15.3 Å². The van der Waals surface area contributed by atoms with Crippen LogP contribution in [-0.2, 0) is 0 Å². The third kappa shape index (κ3) is 2.64. The molecule has 0 fully saturated rings. The van der Waals surface area contributed by atoms with E-state index in [0.29, 0.717) is 6.42 Å². The van der Waals surface area contributed by atoms with Crippen LogP contribution in [0.1, 0.15) is 20.3 Å². The number of aliphatic hydroxyl groups excluding tert-OH is 3. The van der Waals surface area contributed by atoms with Crippen LogP contribution in [0.15, 0.2) is 0 Å². The Bertz CT molecular complexity index is 82.9. The molecule has 0 amide bonds. The highest BCUT2D eigenvalue weighted by atomic mass is 16.3. The smallest absolute Gasteiger partial charge is 0.0823 e. The van der Waals surface area contributed by atoms with Crippen molar-refractivity contribution in [1.29, 1.82) is 0 Å². The Labute approximate surface area is 61.3 Å². The van der Waals surface area contributed by atoms with Crippen molar-refractivity contribution in [2.45, 2.75) is 32.5 Å². The van der Waals surface area contributed by atoms with Crippen molar-refractivity contribution in [3.63, 3.8) is 0 Å². The molecule has 0 saturated heterocycles. The summed E-state index contributed by atoms with van der Waals surface area (Å²) in [5.41, 5.74) is 0. The van der Waals surface area contributed by atoms with Gasteiger partial charge in [0.25, 0.3) is 0 Å². The Kier molecular flexibility index (Phi) is 4.60. The van der Waals surface area contributed by atoms with Gasteiger partial charge >= 0.3 is 0 Å². The summed E-state index contributed by atoms with van der Waals surface area (Å²) in [6, 6.07) is 0. The zero-order valence-corrected chi connectivity index (χ0v) is 6.49. The van der Waals surface area contributed by atoms with Crippen molar-refractivity contribution in [3.05, 3.63) is 0 Å². The van der Waals surface area contributed by atoms with Crippen LogP contribution in [0.5, 0.6) is 0 Å². The zero-order valence-electron chi connectivity index (χ0n) is 6.49. The van der Waals surface area contributed by atoms with Gasteiger partial charge in [0.15, 0.2) is 0 Å². The normalized spacial score (nSPS) is 20.1. The second-order valence-electron chi connectivity index (χ2n) is 2.56. The van der Waals surface area contributed by atoms with Crippen molar-refractivity contribution < 1.29 is 15.3 Å². The molecule has 0 aliphatic rings. The van der Waals surface area contributed by atoms with E-state index in [1.165, 1.54) is 0 Å². The fourth-order valence-corrected chi connectivity index (χ4v) is 1.07. The topological polar surface area (TPSA) is 60.7 Å². The van der Waals surface area contributed by atoms with Gasteiger partial charge in [0, 0.05) is 5.92 Å². The molecule has 0 bridgehead atoms. The van der Waals surface area contributed by atoms with Crippen LogP contribution in [-0.4, -0.2) is 34.1 Å². The average molecular weight is 148 g/mol. The van der Waals surface area contributed by atoms with E-state index in [-0.39, 0.29) is 12.5 Å². The van der Waals surface area contributed by atoms with E-state index < -0.39 is 12.2 Å². The van der Waals surface area contributed by atoms with E-state index in [1.807, 2.05) is 6.92 Å². The molecule has 0 aromatic carbocycles. The van der Waals surface area contributed by atoms with E-state index in [0.717, 1.165) is 0 Å². The second-order valence-corrected chi connectivity index (χ2v) is 2.56. The first-order chi connectivity index (χ1) is 4.63. The van der Waals surface area contributed by atoms with Gasteiger partial charge in [0.05, 0.1) is 18.8 Å². The molecule has 0 spiro atoms. The lowest BCUT2D eigenvalue weighted by Crippen LogP contribution is -2.31. The molecule has 3 N–H and O–H groups in total. The van der Waals surface area contributed by atoms with Gasteiger partial charge < -0.3 is 15.3 Å². The fraction of sp³-hybridized carbons (Fsp3) is 1.00. The number of aliphatic hydroxyl groups is 3. The Morgan fingerprint density at radius 2 is 1.80 bits per heavy atom. The predicted molar refractivity (Wildman–Crippen MR) is 38.6 cm³/mol. The largest absolute Gasteiger partial charge is 0.394 e. The van der Waals surface area contributed by atoms with Gasteiger partial charge in [-0.1, -0.05) is 6.92 Å². The summed E-state index contributed by atoms with van der Waals surface area (Å²) in [5.74, 6) is -0.204. The molecule has 10 heavy (non-hydrogen) atoms. The third-order valence-corrected chi connectivity index (χ3v) is 1.77. The highest BCUT2D eigenvalue weighted by Crippen LogP contribution is 2.12. The second kappa shape index (κ2) is 4.66. The molecular weight excluding hydrogens is 132 g/mol.